The van der Waals surface area contributed by atoms with Crippen LogP contribution >= 0.6 is 0 Å². The minimum Gasteiger partial charge on any atom is -0.382 e. The van der Waals surface area contributed by atoms with E-state index in [2.05, 4.69) is 10.6 Å². The summed E-state index contributed by atoms with van der Waals surface area (Å²) in [7, 11) is 0. The van der Waals surface area contributed by atoms with Gasteiger partial charge in [0.15, 0.2) is 0 Å². The van der Waals surface area contributed by atoms with Gasteiger partial charge in [0.1, 0.15) is 0 Å². The first-order chi connectivity index (χ1) is 8.76. The van der Waals surface area contributed by atoms with Crippen molar-refractivity contribution in [1.82, 2.24) is 5.32 Å². The Morgan fingerprint density at radius 2 is 2.06 bits per heavy atom. The number of hydrogen-bond donors (Lipinski definition) is 3. The summed E-state index contributed by atoms with van der Waals surface area (Å²) in [4.78, 5) is 11.5. The van der Waals surface area contributed by atoms with Crippen molar-refractivity contribution in [2.75, 3.05) is 25.1 Å². The molecule has 0 aromatic heterocycles. The highest BCUT2D eigenvalue weighted by Crippen LogP contribution is 2.08. The van der Waals surface area contributed by atoms with Crippen molar-refractivity contribution in [1.29, 1.82) is 0 Å². The maximum Gasteiger partial charge on any atom is 0.319 e. The fourth-order valence-electron chi connectivity index (χ4n) is 1.42. The van der Waals surface area contributed by atoms with Crippen LogP contribution < -0.4 is 16.4 Å². The summed E-state index contributed by atoms with van der Waals surface area (Å²) >= 11 is 0. The van der Waals surface area contributed by atoms with Gasteiger partial charge in [0.25, 0.3) is 0 Å². The van der Waals surface area contributed by atoms with Crippen LogP contribution in [0.5, 0.6) is 0 Å². The first-order valence-corrected chi connectivity index (χ1v) is 6.18. The lowest BCUT2D eigenvalue weighted by Crippen LogP contribution is -2.30. The van der Waals surface area contributed by atoms with Crippen LogP contribution in [0.2, 0.25) is 0 Å². The first-order valence-electron chi connectivity index (χ1n) is 6.18. The quantitative estimate of drug-likeness (QED) is 0.645. The number of ether oxygens (including phenoxy) is 1. The molecule has 0 bridgehead atoms. The second kappa shape index (κ2) is 8.49. The lowest BCUT2D eigenvalue weighted by molar-refractivity contribution is 0.145. The molecule has 0 heterocycles. The van der Waals surface area contributed by atoms with Crippen molar-refractivity contribution in [2.45, 2.75) is 19.9 Å². The molecule has 5 heteroatoms. The molecule has 1 aromatic rings. The summed E-state index contributed by atoms with van der Waals surface area (Å²) < 4.78 is 5.18. The standard InChI is InChI=1S/C13H21N3O2/c1-2-18-9-3-8-15-13(17)16-12-6-4-11(10-14)5-7-12/h4-7H,2-3,8-10,14H2,1H3,(H2,15,16,17). The minimum absolute atomic E-state index is 0.202. The highest BCUT2D eigenvalue weighted by Gasteiger charge is 2.00. The highest BCUT2D eigenvalue weighted by molar-refractivity contribution is 5.89. The molecule has 0 radical (unpaired) electrons. The summed E-state index contributed by atoms with van der Waals surface area (Å²) in [5.41, 5.74) is 7.29. The molecule has 4 N–H and O–H groups in total. The summed E-state index contributed by atoms with van der Waals surface area (Å²) in [6.45, 7) is 4.43. The lowest BCUT2D eigenvalue weighted by Gasteiger charge is -2.08. The normalized spacial score (nSPS) is 10.1. The van der Waals surface area contributed by atoms with E-state index >= 15 is 0 Å². The van der Waals surface area contributed by atoms with Gasteiger partial charge in [-0.05, 0) is 31.0 Å². The summed E-state index contributed by atoms with van der Waals surface area (Å²) in [5, 5.41) is 5.52. The van der Waals surface area contributed by atoms with Gasteiger partial charge in [-0.25, -0.2) is 4.79 Å². The number of urea groups is 1. The van der Waals surface area contributed by atoms with Crippen LogP contribution in [0, 0.1) is 0 Å². The molecule has 0 spiro atoms. The zero-order valence-electron chi connectivity index (χ0n) is 10.7. The summed E-state index contributed by atoms with van der Waals surface area (Å²) in [6.07, 6.45) is 0.813. The maximum atomic E-state index is 11.5. The number of carbonyl (C=O) groups is 1. The average molecular weight is 251 g/mol. The zero-order valence-corrected chi connectivity index (χ0v) is 10.7. The number of anilines is 1. The minimum atomic E-state index is -0.202. The SMILES string of the molecule is CCOCCCNC(=O)Nc1ccc(CN)cc1. The van der Waals surface area contributed by atoms with E-state index in [9.17, 15) is 4.79 Å². The van der Waals surface area contributed by atoms with E-state index in [1.54, 1.807) is 0 Å². The Morgan fingerprint density at radius 1 is 1.33 bits per heavy atom. The van der Waals surface area contributed by atoms with Gasteiger partial charge in [0.05, 0.1) is 0 Å². The molecule has 0 aliphatic heterocycles. The van der Waals surface area contributed by atoms with Crippen LogP contribution in [0.3, 0.4) is 0 Å². The number of amides is 2. The second-order valence-corrected chi connectivity index (χ2v) is 3.83. The molecular weight excluding hydrogens is 230 g/mol. The first kappa shape index (κ1) is 14.5. The molecule has 100 valence electrons. The van der Waals surface area contributed by atoms with Crippen molar-refractivity contribution >= 4 is 11.7 Å². The Hall–Kier alpha value is -1.59. The fraction of sp³-hybridized carbons (Fsp3) is 0.462. The van der Waals surface area contributed by atoms with Crippen LogP contribution in [-0.2, 0) is 11.3 Å². The number of carbonyl (C=O) groups excluding carboxylic acids is 1. The van der Waals surface area contributed by atoms with Gasteiger partial charge in [-0.3, -0.25) is 0 Å². The van der Waals surface area contributed by atoms with Crippen molar-refractivity contribution in [3.63, 3.8) is 0 Å². The monoisotopic (exact) mass is 251 g/mol. The van der Waals surface area contributed by atoms with E-state index in [4.69, 9.17) is 10.5 Å². The van der Waals surface area contributed by atoms with E-state index in [0.717, 1.165) is 17.7 Å². The van der Waals surface area contributed by atoms with Gasteiger partial charge >= 0.3 is 6.03 Å². The zero-order chi connectivity index (χ0) is 13.2. The highest BCUT2D eigenvalue weighted by atomic mass is 16.5. The van der Waals surface area contributed by atoms with Crippen LogP contribution in [0.4, 0.5) is 10.5 Å². The van der Waals surface area contributed by atoms with E-state index in [-0.39, 0.29) is 6.03 Å². The molecule has 0 atom stereocenters. The van der Waals surface area contributed by atoms with Gasteiger partial charge in [0.2, 0.25) is 0 Å². The third-order valence-electron chi connectivity index (χ3n) is 2.40. The topological polar surface area (TPSA) is 76.4 Å². The van der Waals surface area contributed by atoms with E-state index < -0.39 is 0 Å². The predicted molar refractivity (Wildman–Crippen MR) is 72.5 cm³/mol. The molecule has 0 saturated heterocycles. The van der Waals surface area contributed by atoms with E-state index in [1.165, 1.54) is 0 Å². The molecule has 18 heavy (non-hydrogen) atoms. The Morgan fingerprint density at radius 3 is 2.67 bits per heavy atom. The molecule has 0 unspecified atom stereocenters. The molecule has 0 saturated carbocycles. The second-order valence-electron chi connectivity index (χ2n) is 3.83. The third kappa shape index (κ3) is 5.65. The Kier molecular flexibility index (Phi) is 6.83. The lowest BCUT2D eigenvalue weighted by atomic mass is 10.2. The van der Waals surface area contributed by atoms with E-state index in [0.29, 0.717) is 26.3 Å². The Balaban J connectivity index is 2.22. The predicted octanol–water partition coefficient (Wildman–Crippen LogP) is 1.69. The third-order valence-corrected chi connectivity index (χ3v) is 2.40. The number of rotatable bonds is 7. The Bertz CT molecular complexity index is 352. The summed E-state index contributed by atoms with van der Waals surface area (Å²) in [5.74, 6) is 0. The van der Waals surface area contributed by atoms with E-state index in [1.807, 2.05) is 31.2 Å². The maximum absolute atomic E-state index is 11.5. The van der Waals surface area contributed by atoms with Gasteiger partial charge in [-0.1, -0.05) is 12.1 Å². The molecular formula is C13H21N3O2. The van der Waals surface area contributed by atoms with Gasteiger partial charge in [-0.2, -0.15) is 0 Å². The van der Waals surface area contributed by atoms with Gasteiger partial charge in [0, 0.05) is 32.0 Å². The number of nitrogens with two attached hydrogens (primary N) is 1. The van der Waals surface area contributed by atoms with Crippen LogP contribution in [0.25, 0.3) is 0 Å². The molecule has 0 aliphatic rings. The van der Waals surface area contributed by atoms with Crippen molar-refractivity contribution in [2.24, 2.45) is 5.73 Å². The van der Waals surface area contributed by atoms with Crippen LogP contribution in [0.15, 0.2) is 24.3 Å². The largest absolute Gasteiger partial charge is 0.382 e. The smallest absolute Gasteiger partial charge is 0.319 e. The average Bonchev–Trinajstić information content (AvgIpc) is 2.39. The van der Waals surface area contributed by atoms with Gasteiger partial charge < -0.3 is 21.1 Å². The fourth-order valence-corrected chi connectivity index (χ4v) is 1.42. The molecule has 2 amide bonds. The van der Waals surface area contributed by atoms with Crippen LogP contribution in [-0.4, -0.2) is 25.8 Å². The number of nitrogens with one attached hydrogen (secondary N) is 2. The van der Waals surface area contributed by atoms with Crippen molar-refractivity contribution in [3.05, 3.63) is 29.8 Å². The molecule has 0 aliphatic carbocycles. The number of hydrogen-bond acceptors (Lipinski definition) is 3. The Labute approximate surface area is 108 Å². The summed E-state index contributed by atoms with van der Waals surface area (Å²) in [6, 6.07) is 7.26. The van der Waals surface area contributed by atoms with Crippen LogP contribution in [0.1, 0.15) is 18.9 Å². The molecule has 0 fully saturated rings. The number of benzene rings is 1. The van der Waals surface area contributed by atoms with Crippen molar-refractivity contribution < 1.29 is 9.53 Å². The molecule has 5 nitrogen and oxygen atoms in total. The van der Waals surface area contributed by atoms with Gasteiger partial charge in [-0.15, -0.1) is 0 Å². The molecule has 1 aromatic carbocycles. The molecule has 1 rings (SSSR count). The van der Waals surface area contributed by atoms with Crippen molar-refractivity contribution in [3.8, 4) is 0 Å².